The molecule has 0 bridgehead atoms. The Hall–Kier alpha value is -3.06. The van der Waals surface area contributed by atoms with Crippen molar-refractivity contribution < 1.29 is 4.79 Å². The van der Waals surface area contributed by atoms with Crippen molar-refractivity contribution >= 4 is 11.6 Å². The number of carbonyl (C=O) groups excluding carboxylic acids is 1. The Morgan fingerprint density at radius 2 is 2.19 bits per heavy atom. The molecule has 4 rings (SSSR count). The van der Waals surface area contributed by atoms with Crippen LogP contribution in [0.2, 0.25) is 0 Å². The number of aromatic nitrogens is 3. The van der Waals surface area contributed by atoms with Gasteiger partial charge in [0.2, 0.25) is 0 Å². The minimum atomic E-state index is -0.344. The van der Waals surface area contributed by atoms with Crippen LogP contribution >= 0.6 is 0 Å². The molecule has 4 heterocycles. The molecule has 1 N–H and O–H groups in total. The first-order chi connectivity index (χ1) is 12.6. The molecule has 0 aliphatic carbocycles. The molecule has 0 spiro atoms. The molecule has 7 nitrogen and oxygen atoms in total. The van der Waals surface area contributed by atoms with E-state index in [0.717, 1.165) is 11.1 Å². The Morgan fingerprint density at radius 3 is 3.00 bits per heavy atom. The summed E-state index contributed by atoms with van der Waals surface area (Å²) in [5, 5.41) is 3.30. The first kappa shape index (κ1) is 16.4. The van der Waals surface area contributed by atoms with Gasteiger partial charge in [-0.05, 0) is 36.2 Å². The lowest BCUT2D eigenvalue weighted by molar-refractivity contribution is 0.0631. The normalized spacial score (nSPS) is 17.4. The highest BCUT2D eigenvalue weighted by Crippen LogP contribution is 2.22. The van der Waals surface area contributed by atoms with Crippen molar-refractivity contribution in [3.8, 4) is 0 Å². The van der Waals surface area contributed by atoms with Crippen LogP contribution in [0.3, 0.4) is 0 Å². The van der Waals surface area contributed by atoms with E-state index in [0.29, 0.717) is 25.3 Å². The zero-order valence-electron chi connectivity index (χ0n) is 14.4. The minimum Gasteiger partial charge on any atom is -0.329 e. The second-order valence-electron chi connectivity index (χ2n) is 6.41. The molecule has 1 fully saturated rings. The summed E-state index contributed by atoms with van der Waals surface area (Å²) >= 11 is 0. The topological polar surface area (TPSA) is 79.6 Å². The van der Waals surface area contributed by atoms with Crippen LogP contribution in [0.1, 0.15) is 27.5 Å². The number of hydrogen-bond acceptors (Lipinski definition) is 5. The van der Waals surface area contributed by atoms with Crippen LogP contribution in [-0.2, 0) is 0 Å². The Morgan fingerprint density at radius 1 is 1.31 bits per heavy atom. The number of fused-ring (bicyclic) bond motifs is 1. The average molecular weight is 349 g/mol. The van der Waals surface area contributed by atoms with Gasteiger partial charge in [0, 0.05) is 44.4 Å². The third-order valence-electron chi connectivity index (χ3n) is 4.67. The van der Waals surface area contributed by atoms with Crippen LogP contribution in [0.15, 0.2) is 53.8 Å². The average Bonchev–Trinajstić information content (AvgIpc) is 2.68. The highest BCUT2D eigenvalue weighted by atomic mass is 16.2. The maximum Gasteiger partial charge on any atom is 0.270 e. The maximum absolute atomic E-state index is 13.1. The molecule has 0 radical (unpaired) electrons. The molecule has 26 heavy (non-hydrogen) atoms. The number of piperazine rings is 1. The largest absolute Gasteiger partial charge is 0.329 e. The Bertz CT molecular complexity index is 1020. The molecule has 132 valence electrons. The van der Waals surface area contributed by atoms with Crippen molar-refractivity contribution in [2.45, 2.75) is 13.0 Å². The van der Waals surface area contributed by atoms with Crippen molar-refractivity contribution in [3.05, 3.63) is 76.1 Å². The van der Waals surface area contributed by atoms with E-state index in [-0.39, 0.29) is 23.1 Å². The second-order valence-corrected chi connectivity index (χ2v) is 6.41. The maximum atomic E-state index is 13.1. The number of carbonyl (C=O) groups is 1. The number of aryl methyl sites for hydroxylation is 1. The van der Waals surface area contributed by atoms with Crippen LogP contribution in [0.4, 0.5) is 0 Å². The Kier molecular flexibility index (Phi) is 4.22. The van der Waals surface area contributed by atoms with E-state index in [9.17, 15) is 9.59 Å². The Labute approximate surface area is 150 Å². The highest BCUT2D eigenvalue weighted by Gasteiger charge is 2.30. The van der Waals surface area contributed by atoms with Crippen molar-refractivity contribution in [2.24, 2.45) is 0 Å². The third-order valence-corrected chi connectivity index (χ3v) is 4.67. The van der Waals surface area contributed by atoms with E-state index in [1.54, 1.807) is 23.5 Å². The van der Waals surface area contributed by atoms with Crippen LogP contribution in [0.5, 0.6) is 0 Å². The lowest BCUT2D eigenvalue weighted by Gasteiger charge is -2.36. The van der Waals surface area contributed by atoms with Gasteiger partial charge in [-0.3, -0.25) is 19.0 Å². The molecule has 1 saturated heterocycles. The van der Waals surface area contributed by atoms with E-state index in [1.807, 2.05) is 31.2 Å². The van der Waals surface area contributed by atoms with Crippen LogP contribution in [-0.4, -0.2) is 44.8 Å². The molecule has 1 aliphatic heterocycles. The van der Waals surface area contributed by atoms with Crippen LogP contribution in [0, 0.1) is 6.92 Å². The molecular formula is C19H19N5O2. The number of rotatable bonds is 2. The van der Waals surface area contributed by atoms with Crippen LogP contribution in [0.25, 0.3) is 5.65 Å². The molecule has 1 atom stereocenters. The van der Waals surface area contributed by atoms with Gasteiger partial charge in [-0.1, -0.05) is 6.07 Å². The summed E-state index contributed by atoms with van der Waals surface area (Å²) in [6, 6.07) is 7.27. The number of nitrogens with zero attached hydrogens (tertiary/aromatic N) is 4. The molecule has 3 aromatic heterocycles. The number of pyridine rings is 2. The lowest BCUT2D eigenvalue weighted by Crippen LogP contribution is -2.49. The monoisotopic (exact) mass is 349 g/mol. The van der Waals surface area contributed by atoms with E-state index >= 15 is 0 Å². The van der Waals surface area contributed by atoms with Crippen molar-refractivity contribution in [2.75, 3.05) is 19.6 Å². The fraction of sp³-hybridized carbons (Fsp3) is 0.263. The van der Waals surface area contributed by atoms with E-state index in [1.165, 1.54) is 10.6 Å². The van der Waals surface area contributed by atoms with Gasteiger partial charge in [0.15, 0.2) is 0 Å². The summed E-state index contributed by atoms with van der Waals surface area (Å²) in [6.07, 6.45) is 6.51. The molecule has 7 heteroatoms. The smallest absolute Gasteiger partial charge is 0.270 e. The molecule has 1 amide bonds. The fourth-order valence-electron chi connectivity index (χ4n) is 3.30. The standard InChI is InChI=1S/C19H19N5O2/c1-13-4-7-24-17(9-13)22-11-15(19(24)26)18(25)23-8-6-21-12-16(23)14-3-2-5-20-10-14/h2-5,7,9-11,16,21H,6,8,12H2,1H3. The SMILES string of the molecule is Cc1ccn2c(=O)c(C(=O)N3CCNCC3c3cccnc3)cnc2c1. The van der Waals surface area contributed by atoms with Crippen molar-refractivity contribution in [1.29, 1.82) is 0 Å². The number of nitrogens with one attached hydrogen (secondary N) is 1. The summed E-state index contributed by atoms with van der Waals surface area (Å²) in [6.45, 7) is 3.77. The zero-order chi connectivity index (χ0) is 18.1. The van der Waals surface area contributed by atoms with Crippen LogP contribution < -0.4 is 10.9 Å². The van der Waals surface area contributed by atoms with Gasteiger partial charge in [0.05, 0.1) is 6.04 Å². The molecule has 0 aromatic carbocycles. The molecule has 0 saturated carbocycles. The predicted molar refractivity (Wildman–Crippen MR) is 97.1 cm³/mol. The van der Waals surface area contributed by atoms with Gasteiger partial charge >= 0.3 is 0 Å². The molecule has 3 aromatic rings. The van der Waals surface area contributed by atoms with E-state index in [2.05, 4.69) is 15.3 Å². The summed E-state index contributed by atoms with van der Waals surface area (Å²) < 4.78 is 1.42. The van der Waals surface area contributed by atoms with E-state index in [4.69, 9.17) is 0 Å². The van der Waals surface area contributed by atoms with E-state index < -0.39 is 0 Å². The van der Waals surface area contributed by atoms with Gasteiger partial charge < -0.3 is 10.2 Å². The first-order valence-corrected chi connectivity index (χ1v) is 8.55. The van der Waals surface area contributed by atoms with Gasteiger partial charge in [0.25, 0.3) is 11.5 Å². The van der Waals surface area contributed by atoms with Gasteiger partial charge in [0.1, 0.15) is 11.2 Å². The predicted octanol–water partition coefficient (Wildman–Crippen LogP) is 1.18. The first-order valence-electron chi connectivity index (χ1n) is 8.55. The summed E-state index contributed by atoms with van der Waals surface area (Å²) in [5.74, 6) is -0.298. The van der Waals surface area contributed by atoms with Gasteiger partial charge in [-0.15, -0.1) is 0 Å². The van der Waals surface area contributed by atoms with Crippen molar-refractivity contribution in [1.82, 2.24) is 24.6 Å². The quantitative estimate of drug-likeness (QED) is 0.752. The zero-order valence-corrected chi connectivity index (χ0v) is 14.4. The van der Waals surface area contributed by atoms with Gasteiger partial charge in [-0.25, -0.2) is 4.98 Å². The fourth-order valence-corrected chi connectivity index (χ4v) is 3.30. The number of amides is 1. The third kappa shape index (κ3) is 2.86. The minimum absolute atomic E-state index is 0.0853. The number of hydrogen-bond donors (Lipinski definition) is 1. The van der Waals surface area contributed by atoms with Crippen molar-refractivity contribution in [3.63, 3.8) is 0 Å². The Balaban J connectivity index is 1.74. The molecular weight excluding hydrogens is 330 g/mol. The van der Waals surface area contributed by atoms with Gasteiger partial charge in [-0.2, -0.15) is 0 Å². The second kappa shape index (κ2) is 6.68. The molecule has 1 unspecified atom stereocenters. The lowest BCUT2D eigenvalue weighted by atomic mass is 10.0. The summed E-state index contributed by atoms with van der Waals surface area (Å²) in [7, 11) is 0. The summed E-state index contributed by atoms with van der Waals surface area (Å²) in [5.41, 5.74) is 2.23. The molecule has 1 aliphatic rings. The summed E-state index contributed by atoms with van der Waals surface area (Å²) in [4.78, 5) is 36.1. The highest BCUT2D eigenvalue weighted by molar-refractivity contribution is 5.94.